The van der Waals surface area contributed by atoms with Gasteiger partial charge in [0.2, 0.25) is 0 Å². The number of anilines is 1. The van der Waals surface area contributed by atoms with Crippen LogP contribution in [0, 0.1) is 0 Å². The Hall–Kier alpha value is -1.75. The molecule has 0 atom stereocenters. The Kier molecular flexibility index (Phi) is 4.60. The molecule has 0 heterocycles. The summed E-state index contributed by atoms with van der Waals surface area (Å²) in [5.41, 5.74) is 6.39. The van der Waals surface area contributed by atoms with Crippen molar-refractivity contribution in [1.82, 2.24) is 0 Å². The first-order valence-electron chi connectivity index (χ1n) is 4.78. The van der Waals surface area contributed by atoms with Crippen molar-refractivity contribution in [3.63, 3.8) is 0 Å². The van der Waals surface area contributed by atoms with Gasteiger partial charge < -0.3 is 19.9 Å². The molecule has 0 fully saturated rings. The summed E-state index contributed by atoms with van der Waals surface area (Å²) in [4.78, 5) is 11.4. The number of nitrogen functional groups attached to an aromatic ring is 1. The molecule has 5 heteroatoms. The lowest BCUT2D eigenvalue weighted by Gasteiger charge is -2.10. The molecule has 2 N–H and O–H groups in total. The number of carbonyl (C=O) groups is 1. The zero-order chi connectivity index (χ0) is 12.0. The smallest absolute Gasteiger partial charge is 0.341 e. The third-order valence-electron chi connectivity index (χ3n) is 1.95. The topological polar surface area (TPSA) is 70.8 Å². The number of benzene rings is 1. The van der Waals surface area contributed by atoms with Gasteiger partial charge in [-0.25, -0.2) is 4.79 Å². The van der Waals surface area contributed by atoms with E-state index >= 15 is 0 Å². The Balaban J connectivity index is 2.85. The predicted octanol–water partition coefficient (Wildman–Crippen LogP) is 1.08. The molecule has 0 aliphatic carbocycles. The molecule has 0 spiro atoms. The fourth-order valence-electron chi connectivity index (χ4n) is 1.18. The van der Waals surface area contributed by atoms with Crippen molar-refractivity contribution >= 4 is 11.7 Å². The van der Waals surface area contributed by atoms with Gasteiger partial charge in [-0.1, -0.05) is 0 Å². The van der Waals surface area contributed by atoms with Crippen LogP contribution in [0.15, 0.2) is 18.2 Å². The minimum atomic E-state index is -0.472. The van der Waals surface area contributed by atoms with E-state index in [1.807, 2.05) is 0 Å². The van der Waals surface area contributed by atoms with E-state index in [4.69, 9.17) is 15.2 Å². The summed E-state index contributed by atoms with van der Waals surface area (Å²) in [6.45, 7) is 0.815. The van der Waals surface area contributed by atoms with E-state index in [0.29, 0.717) is 30.2 Å². The number of hydrogen-bond donors (Lipinski definition) is 1. The molecule has 0 amide bonds. The van der Waals surface area contributed by atoms with Crippen LogP contribution in [-0.4, -0.2) is 33.4 Å². The number of esters is 1. The first kappa shape index (κ1) is 12.3. The molecular formula is C11H15NO4. The third kappa shape index (κ3) is 3.13. The summed E-state index contributed by atoms with van der Waals surface area (Å²) in [6.07, 6.45) is 0. The van der Waals surface area contributed by atoms with Gasteiger partial charge in [0.05, 0.1) is 13.7 Å². The minimum Gasteiger partial charge on any atom is -0.490 e. The van der Waals surface area contributed by atoms with Crippen molar-refractivity contribution in [1.29, 1.82) is 0 Å². The van der Waals surface area contributed by atoms with Crippen LogP contribution >= 0.6 is 0 Å². The first-order valence-corrected chi connectivity index (χ1v) is 4.78. The van der Waals surface area contributed by atoms with E-state index in [9.17, 15) is 4.79 Å². The van der Waals surface area contributed by atoms with Gasteiger partial charge in [0.1, 0.15) is 17.9 Å². The maximum atomic E-state index is 11.4. The summed E-state index contributed by atoms with van der Waals surface area (Å²) >= 11 is 0. The Morgan fingerprint density at radius 2 is 2.06 bits per heavy atom. The maximum Gasteiger partial charge on any atom is 0.341 e. The van der Waals surface area contributed by atoms with Crippen LogP contribution in [0.3, 0.4) is 0 Å². The SMILES string of the molecule is COCCOc1ccc(N)cc1C(=O)OC. The molecule has 0 aliphatic rings. The number of rotatable bonds is 5. The molecule has 0 radical (unpaired) electrons. The molecule has 88 valence electrons. The second-order valence-electron chi connectivity index (χ2n) is 3.09. The Morgan fingerprint density at radius 3 is 2.69 bits per heavy atom. The van der Waals surface area contributed by atoms with Gasteiger partial charge in [-0.2, -0.15) is 0 Å². The molecule has 0 saturated carbocycles. The van der Waals surface area contributed by atoms with E-state index < -0.39 is 5.97 Å². The fraction of sp³-hybridized carbons (Fsp3) is 0.364. The first-order chi connectivity index (χ1) is 7.69. The molecule has 16 heavy (non-hydrogen) atoms. The van der Waals surface area contributed by atoms with Gasteiger partial charge in [0, 0.05) is 12.8 Å². The molecule has 1 aromatic carbocycles. The van der Waals surface area contributed by atoms with Crippen LogP contribution < -0.4 is 10.5 Å². The molecular weight excluding hydrogens is 210 g/mol. The monoisotopic (exact) mass is 225 g/mol. The number of ether oxygens (including phenoxy) is 3. The molecule has 0 saturated heterocycles. The Bertz CT molecular complexity index is 365. The quantitative estimate of drug-likeness (QED) is 0.461. The lowest BCUT2D eigenvalue weighted by atomic mass is 10.2. The van der Waals surface area contributed by atoms with Crippen molar-refractivity contribution in [2.45, 2.75) is 0 Å². The lowest BCUT2D eigenvalue weighted by molar-refractivity contribution is 0.0594. The highest BCUT2D eigenvalue weighted by atomic mass is 16.5. The van der Waals surface area contributed by atoms with Gasteiger partial charge in [-0.15, -0.1) is 0 Å². The average Bonchev–Trinajstić information content (AvgIpc) is 2.30. The zero-order valence-corrected chi connectivity index (χ0v) is 9.36. The summed E-state index contributed by atoms with van der Waals surface area (Å²) in [5, 5.41) is 0. The van der Waals surface area contributed by atoms with Gasteiger partial charge in [-0.3, -0.25) is 0 Å². The van der Waals surface area contributed by atoms with Gasteiger partial charge >= 0.3 is 5.97 Å². The van der Waals surface area contributed by atoms with E-state index in [2.05, 4.69) is 4.74 Å². The highest BCUT2D eigenvalue weighted by molar-refractivity contribution is 5.93. The Labute approximate surface area is 94.1 Å². The van der Waals surface area contributed by atoms with Gasteiger partial charge in [0.15, 0.2) is 0 Å². The predicted molar refractivity (Wildman–Crippen MR) is 59.6 cm³/mol. The number of carbonyl (C=O) groups excluding carboxylic acids is 1. The van der Waals surface area contributed by atoms with Crippen molar-refractivity contribution in [3.8, 4) is 5.75 Å². The van der Waals surface area contributed by atoms with Crippen molar-refractivity contribution in [2.24, 2.45) is 0 Å². The summed E-state index contributed by atoms with van der Waals surface area (Å²) in [5.74, 6) is -0.0298. The standard InChI is InChI=1S/C11H15NO4/c1-14-5-6-16-10-4-3-8(12)7-9(10)11(13)15-2/h3-4,7H,5-6,12H2,1-2H3. The highest BCUT2D eigenvalue weighted by Crippen LogP contribution is 2.22. The normalized spacial score (nSPS) is 9.88. The molecule has 0 aromatic heterocycles. The molecule has 0 aliphatic heterocycles. The second-order valence-corrected chi connectivity index (χ2v) is 3.09. The summed E-state index contributed by atoms with van der Waals surface area (Å²) in [6, 6.07) is 4.82. The zero-order valence-electron chi connectivity index (χ0n) is 9.36. The van der Waals surface area contributed by atoms with Crippen LogP contribution in [0.25, 0.3) is 0 Å². The highest BCUT2D eigenvalue weighted by Gasteiger charge is 2.13. The largest absolute Gasteiger partial charge is 0.490 e. The van der Waals surface area contributed by atoms with Crippen LogP contribution in [0.4, 0.5) is 5.69 Å². The molecule has 5 nitrogen and oxygen atoms in total. The average molecular weight is 225 g/mol. The van der Waals surface area contributed by atoms with E-state index in [-0.39, 0.29) is 0 Å². The van der Waals surface area contributed by atoms with Crippen molar-refractivity contribution < 1.29 is 19.0 Å². The number of nitrogens with two attached hydrogens (primary N) is 1. The van der Waals surface area contributed by atoms with E-state index in [0.717, 1.165) is 0 Å². The second kappa shape index (κ2) is 5.97. The molecule has 0 unspecified atom stereocenters. The van der Waals surface area contributed by atoms with Crippen LogP contribution in [0.1, 0.15) is 10.4 Å². The molecule has 1 rings (SSSR count). The number of methoxy groups -OCH3 is 2. The third-order valence-corrected chi connectivity index (χ3v) is 1.95. The van der Waals surface area contributed by atoms with E-state index in [1.165, 1.54) is 13.2 Å². The Morgan fingerprint density at radius 1 is 1.31 bits per heavy atom. The number of hydrogen-bond acceptors (Lipinski definition) is 5. The summed E-state index contributed by atoms with van der Waals surface area (Å²) < 4.78 is 14.9. The van der Waals surface area contributed by atoms with Gasteiger partial charge in [0.25, 0.3) is 0 Å². The fourth-order valence-corrected chi connectivity index (χ4v) is 1.18. The van der Waals surface area contributed by atoms with Crippen LogP contribution in [0.2, 0.25) is 0 Å². The van der Waals surface area contributed by atoms with Gasteiger partial charge in [-0.05, 0) is 18.2 Å². The van der Waals surface area contributed by atoms with Crippen LogP contribution in [-0.2, 0) is 9.47 Å². The maximum absolute atomic E-state index is 11.4. The lowest BCUT2D eigenvalue weighted by Crippen LogP contribution is -2.10. The minimum absolute atomic E-state index is 0.318. The van der Waals surface area contributed by atoms with Crippen LogP contribution in [0.5, 0.6) is 5.75 Å². The van der Waals surface area contributed by atoms with Crippen molar-refractivity contribution in [3.05, 3.63) is 23.8 Å². The molecule has 0 bridgehead atoms. The van der Waals surface area contributed by atoms with E-state index in [1.54, 1.807) is 19.2 Å². The molecule has 1 aromatic rings. The van der Waals surface area contributed by atoms with Crippen molar-refractivity contribution in [2.75, 3.05) is 33.2 Å². The summed E-state index contributed by atoms with van der Waals surface area (Å²) in [7, 11) is 2.89.